The van der Waals surface area contributed by atoms with Gasteiger partial charge in [-0.2, -0.15) is 5.26 Å². The Balaban J connectivity index is 1.90. The van der Waals surface area contributed by atoms with E-state index in [0.29, 0.717) is 48.4 Å². The summed E-state index contributed by atoms with van der Waals surface area (Å²) in [5.41, 5.74) is 6.17. The lowest BCUT2D eigenvalue weighted by molar-refractivity contribution is 0.0249. The number of hydrogen-bond donors (Lipinski definition) is 2. The van der Waals surface area contributed by atoms with Gasteiger partial charge < -0.3 is 20.5 Å². The van der Waals surface area contributed by atoms with Crippen molar-refractivity contribution >= 4 is 11.5 Å². The number of rotatable bonds is 5. The minimum absolute atomic E-state index is 0.0477. The summed E-state index contributed by atoms with van der Waals surface area (Å²) in [6.07, 6.45) is 0.865. The van der Waals surface area contributed by atoms with Crippen molar-refractivity contribution in [1.29, 1.82) is 5.26 Å². The lowest BCUT2D eigenvalue weighted by Crippen LogP contribution is -2.49. The fourth-order valence-electron chi connectivity index (χ4n) is 4.21. The lowest BCUT2D eigenvalue weighted by atomic mass is 9.91. The zero-order valence-electron chi connectivity index (χ0n) is 19.1. The zero-order chi connectivity index (χ0) is 25.2. The molecular formula is C26H23F2N5O2. The second-order valence-electron chi connectivity index (χ2n) is 8.41. The van der Waals surface area contributed by atoms with Gasteiger partial charge in [-0.05, 0) is 42.7 Å². The molecule has 1 fully saturated rings. The molecular weight excluding hydrogens is 452 g/mol. The van der Waals surface area contributed by atoms with Crippen LogP contribution in [0.4, 0.5) is 20.3 Å². The molecule has 0 aliphatic carbocycles. The second kappa shape index (κ2) is 9.67. The topological polar surface area (TPSA) is 99.8 Å². The monoisotopic (exact) mass is 475 g/mol. The number of benzene rings is 2. The fraction of sp³-hybridized carbons (Fsp3) is 0.269. The van der Waals surface area contributed by atoms with Gasteiger partial charge >= 0.3 is 0 Å². The van der Waals surface area contributed by atoms with Crippen LogP contribution in [-0.4, -0.2) is 42.4 Å². The van der Waals surface area contributed by atoms with E-state index in [9.17, 15) is 19.1 Å². The number of ether oxygens (including phenoxy) is 1. The van der Waals surface area contributed by atoms with Gasteiger partial charge in [-0.15, -0.1) is 0 Å². The average molecular weight is 475 g/mol. The summed E-state index contributed by atoms with van der Waals surface area (Å²) >= 11 is 0. The molecule has 1 aliphatic heterocycles. The summed E-state index contributed by atoms with van der Waals surface area (Å²) < 4.78 is 34.1. The van der Waals surface area contributed by atoms with Crippen molar-refractivity contribution in [2.75, 3.05) is 31.6 Å². The maximum atomic E-state index is 14.6. The first-order valence-corrected chi connectivity index (χ1v) is 11.0. The average Bonchev–Trinajstić information content (AvgIpc) is 2.88. The number of piperidine rings is 1. The Kier molecular flexibility index (Phi) is 6.65. The smallest absolute Gasteiger partial charge is 0.222 e. The second-order valence-corrected chi connectivity index (χ2v) is 8.41. The van der Waals surface area contributed by atoms with E-state index >= 15 is 0 Å². The number of aromatic nitrogens is 1. The van der Waals surface area contributed by atoms with Crippen molar-refractivity contribution in [1.82, 2.24) is 4.98 Å². The highest BCUT2D eigenvalue weighted by Gasteiger charge is 2.32. The molecule has 0 amide bonds. The predicted octanol–water partition coefficient (Wildman–Crippen LogP) is 4.41. The van der Waals surface area contributed by atoms with E-state index < -0.39 is 17.2 Å². The van der Waals surface area contributed by atoms with Crippen LogP contribution >= 0.6 is 0 Å². The number of pyridine rings is 1. The Bertz CT molecular complexity index is 1360. The summed E-state index contributed by atoms with van der Waals surface area (Å²) in [5.74, 6) is -0.814. The minimum Gasteiger partial charge on any atom is -0.494 e. The number of halogens is 2. The van der Waals surface area contributed by atoms with Gasteiger partial charge in [0.1, 0.15) is 11.6 Å². The van der Waals surface area contributed by atoms with E-state index in [1.807, 2.05) is 4.90 Å². The van der Waals surface area contributed by atoms with Crippen LogP contribution in [0.5, 0.6) is 5.75 Å². The molecule has 1 saturated heterocycles. The van der Waals surface area contributed by atoms with Crippen LogP contribution in [0.25, 0.3) is 27.2 Å². The van der Waals surface area contributed by atoms with Crippen LogP contribution in [0, 0.1) is 29.5 Å². The standard InChI is InChI=1S/C26H23F2N5O2/c1-31-21-5-3-17(12-19(21)27)25-24(16-4-6-22(35-2)20(28)11-16)18(14-29)13-23(32-25)33-9-7-26(34,15-30)8-10-33/h3-6,11-13,34H,7-10,15,30H2,2H3. The number of hydrogen-bond acceptors (Lipinski definition) is 6. The number of methoxy groups -OCH3 is 1. The van der Waals surface area contributed by atoms with Crippen molar-refractivity contribution in [2.24, 2.45) is 5.73 Å². The number of nitrogens with two attached hydrogens (primary N) is 1. The van der Waals surface area contributed by atoms with E-state index in [1.165, 1.54) is 31.4 Å². The summed E-state index contributed by atoms with van der Waals surface area (Å²) in [7, 11) is 1.35. The van der Waals surface area contributed by atoms with Gasteiger partial charge in [-0.25, -0.2) is 18.6 Å². The van der Waals surface area contributed by atoms with Crippen molar-refractivity contribution in [3.8, 4) is 34.2 Å². The van der Waals surface area contributed by atoms with Gasteiger partial charge in [0, 0.05) is 30.8 Å². The van der Waals surface area contributed by atoms with Gasteiger partial charge in [-0.1, -0.05) is 18.2 Å². The molecule has 3 N–H and O–H groups in total. The van der Waals surface area contributed by atoms with Gasteiger partial charge in [0.2, 0.25) is 5.69 Å². The molecule has 2 heterocycles. The maximum absolute atomic E-state index is 14.6. The van der Waals surface area contributed by atoms with Crippen molar-refractivity contribution < 1.29 is 18.6 Å². The molecule has 0 spiro atoms. The van der Waals surface area contributed by atoms with E-state index in [4.69, 9.17) is 22.0 Å². The Morgan fingerprint density at radius 1 is 1.17 bits per heavy atom. The molecule has 0 saturated carbocycles. The SMILES string of the molecule is [C-]#[N+]c1ccc(-c2nc(N3CCC(O)(CN)CC3)cc(C#N)c2-c2ccc(OC)c(F)c2)cc1F. The zero-order valence-corrected chi connectivity index (χ0v) is 19.1. The van der Waals surface area contributed by atoms with Crippen LogP contribution in [-0.2, 0) is 0 Å². The normalized spacial score (nSPS) is 14.8. The maximum Gasteiger partial charge on any atom is 0.222 e. The highest BCUT2D eigenvalue weighted by molar-refractivity contribution is 5.87. The summed E-state index contributed by atoms with van der Waals surface area (Å²) in [6, 6.07) is 12.2. The van der Waals surface area contributed by atoms with Crippen LogP contribution in [0.1, 0.15) is 18.4 Å². The molecule has 3 aromatic rings. The molecule has 178 valence electrons. The van der Waals surface area contributed by atoms with Gasteiger partial charge in [0.15, 0.2) is 11.6 Å². The molecule has 2 aromatic carbocycles. The Labute approximate surface area is 201 Å². The van der Waals surface area contributed by atoms with Crippen molar-refractivity contribution in [3.05, 3.63) is 71.1 Å². The Hall–Kier alpha value is -4.05. The quantitative estimate of drug-likeness (QED) is 0.530. The first-order chi connectivity index (χ1) is 16.8. The van der Waals surface area contributed by atoms with Crippen LogP contribution in [0.15, 0.2) is 42.5 Å². The molecule has 0 radical (unpaired) electrons. The highest BCUT2D eigenvalue weighted by Crippen LogP contribution is 2.39. The molecule has 35 heavy (non-hydrogen) atoms. The largest absolute Gasteiger partial charge is 0.494 e. The fourth-order valence-corrected chi connectivity index (χ4v) is 4.21. The summed E-state index contributed by atoms with van der Waals surface area (Å²) in [6.45, 7) is 8.20. The lowest BCUT2D eigenvalue weighted by Gasteiger charge is -2.38. The van der Waals surface area contributed by atoms with Gasteiger partial charge in [-0.3, -0.25) is 0 Å². The first kappa shape index (κ1) is 24.1. The van der Waals surface area contributed by atoms with Crippen molar-refractivity contribution in [2.45, 2.75) is 18.4 Å². The van der Waals surface area contributed by atoms with Crippen LogP contribution in [0.3, 0.4) is 0 Å². The number of nitriles is 1. The van der Waals surface area contributed by atoms with Crippen LogP contribution in [0.2, 0.25) is 0 Å². The molecule has 1 aromatic heterocycles. The minimum atomic E-state index is -0.948. The molecule has 0 bridgehead atoms. The highest BCUT2D eigenvalue weighted by atomic mass is 19.1. The van der Waals surface area contributed by atoms with E-state index in [0.717, 1.165) is 0 Å². The van der Waals surface area contributed by atoms with E-state index in [1.54, 1.807) is 18.2 Å². The van der Waals surface area contributed by atoms with Gasteiger partial charge in [0.25, 0.3) is 0 Å². The number of aliphatic hydroxyl groups is 1. The summed E-state index contributed by atoms with van der Waals surface area (Å²) in [5, 5.41) is 20.5. The molecule has 0 atom stereocenters. The van der Waals surface area contributed by atoms with E-state index in [-0.39, 0.29) is 29.2 Å². The third-order valence-corrected chi connectivity index (χ3v) is 6.31. The van der Waals surface area contributed by atoms with Gasteiger partial charge in [0.05, 0.1) is 36.6 Å². The number of nitrogens with zero attached hydrogens (tertiary/aromatic N) is 4. The third kappa shape index (κ3) is 4.65. The third-order valence-electron chi connectivity index (χ3n) is 6.31. The van der Waals surface area contributed by atoms with Crippen molar-refractivity contribution in [3.63, 3.8) is 0 Å². The summed E-state index contributed by atoms with van der Waals surface area (Å²) in [4.78, 5) is 9.84. The molecule has 4 rings (SSSR count). The number of anilines is 1. The molecule has 9 heteroatoms. The van der Waals surface area contributed by atoms with Crippen LogP contribution < -0.4 is 15.4 Å². The molecule has 7 nitrogen and oxygen atoms in total. The Morgan fingerprint density at radius 3 is 2.43 bits per heavy atom. The first-order valence-electron chi connectivity index (χ1n) is 11.0. The van der Waals surface area contributed by atoms with E-state index in [2.05, 4.69) is 10.9 Å². The molecule has 1 aliphatic rings. The predicted molar refractivity (Wildman–Crippen MR) is 128 cm³/mol. The molecule has 0 unspecified atom stereocenters. The Morgan fingerprint density at radius 2 is 1.86 bits per heavy atom.